The van der Waals surface area contributed by atoms with E-state index < -0.39 is 0 Å². The van der Waals surface area contributed by atoms with Gasteiger partial charge in [-0.05, 0) is 24.3 Å². The van der Waals surface area contributed by atoms with Gasteiger partial charge in [0.25, 0.3) is 5.91 Å². The lowest BCUT2D eigenvalue weighted by Crippen LogP contribution is -2.21. The zero-order valence-corrected chi connectivity index (χ0v) is 10.5. The highest BCUT2D eigenvalue weighted by Gasteiger charge is 2.10. The van der Waals surface area contributed by atoms with Crippen molar-refractivity contribution in [3.63, 3.8) is 0 Å². The third-order valence-electron chi connectivity index (χ3n) is 2.13. The first-order valence-electron chi connectivity index (χ1n) is 5.33. The summed E-state index contributed by atoms with van der Waals surface area (Å²) in [7, 11) is 0. The van der Waals surface area contributed by atoms with Crippen molar-refractivity contribution in [2.24, 2.45) is 0 Å². The molecular formula is C12H12N2O3S. The molecular weight excluding hydrogens is 252 g/mol. The number of anilines is 1. The fourth-order valence-electron chi connectivity index (χ4n) is 1.37. The van der Waals surface area contributed by atoms with E-state index in [1.807, 2.05) is 0 Å². The highest BCUT2D eigenvalue weighted by atomic mass is 32.1. The van der Waals surface area contributed by atoms with Crippen molar-refractivity contribution in [2.45, 2.75) is 13.5 Å². The van der Waals surface area contributed by atoms with Crippen molar-refractivity contribution in [3.05, 3.63) is 41.2 Å². The Morgan fingerprint density at radius 3 is 2.83 bits per heavy atom. The van der Waals surface area contributed by atoms with E-state index in [9.17, 15) is 9.59 Å². The number of rotatable bonds is 4. The quantitative estimate of drug-likeness (QED) is 0.889. The molecule has 2 N–H and O–H groups in total. The van der Waals surface area contributed by atoms with Crippen LogP contribution in [0, 0.1) is 0 Å². The highest BCUT2D eigenvalue weighted by Crippen LogP contribution is 2.21. The highest BCUT2D eigenvalue weighted by molar-refractivity contribution is 7.18. The van der Waals surface area contributed by atoms with Gasteiger partial charge in [-0.15, -0.1) is 11.3 Å². The number of hydrogen-bond donors (Lipinski definition) is 2. The Hall–Kier alpha value is -2.08. The third kappa shape index (κ3) is 3.21. The monoisotopic (exact) mass is 264 g/mol. The molecule has 0 aliphatic heterocycles. The summed E-state index contributed by atoms with van der Waals surface area (Å²) in [4.78, 5) is 23.2. The van der Waals surface area contributed by atoms with Crippen molar-refractivity contribution in [1.29, 1.82) is 0 Å². The molecule has 0 aliphatic rings. The molecule has 6 heteroatoms. The number of thiophene rings is 1. The standard InChI is InChI=1S/C12H12N2O3S/c1-8(15)14-11-5-4-10(18-11)12(16)13-7-9-3-2-6-17-9/h2-6H,7H2,1H3,(H,13,16)(H,14,15). The normalized spacial score (nSPS) is 10.1. The van der Waals surface area contributed by atoms with Crippen LogP contribution in [0.25, 0.3) is 0 Å². The summed E-state index contributed by atoms with van der Waals surface area (Å²) in [6, 6.07) is 6.93. The van der Waals surface area contributed by atoms with Crippen LogP contribution in [0.1, 0.15) is 22.4 Å². The van der Waals surface area contributed by atoms with Crippen LogP contribution in [0.5, 0.6) is 0 Å². The van der Waals surface area contributed by atoms with Gasteiger partial charge >= 0.3 is 0 Å². The predicted octanol–water partition coefficient (Wildman–Crippen LogP) is 2.23. The SMILES string of the molecule is CC(=O)Nc1ccc(C(=O)NCc2ccco2)s1. The molecule has 2 amide bonds. The topological polar surface area (TPSA) is 71.3 Å². The van der Waals surface area contributed by atoms with Crippen LogP contribution < -0.4 is 10.6 Å². The van der Waals surface area contributed by atoms with E-state index in [-0.39, 0.29) is 11.8 Å². The second-order valence-corrected chi connectivity index (χ2v) is 4.69. The molecule has 0 saturated heterocycles. The molecule has 0 bridgehead atoms. The molecule has 2 aromatic rings. The van der Waals surface area contributed by atoms with Crippen LogP contribution in [0.4, 0.5) is 5.00 Å². The van der Waals surface area contributed by atoms with Crippen molar-refractivity contribution < 1.29 is 14.0 Å². The van der Waals surface area contributed by atoms with E-state index in [4.69, 9.17) is 4.42 Å². The minimum Gasteiger partial charge on any atom is -0.467 e. The second-order valence-electron chi connectivity index (χ2n) is 3.61. The van der Waals surface area contributed by atoms with Gasteiger partial charge in [-0.25, -0.2) is 0 Å². The van der Waals surface area contributed by atoms with Gasteiger partial charge in [-0.3, -0.25) is 9.59 Å². The molecule has 18 heavy (non-hydrogen) atoms. The molecule has 5 nitrogen and oxygen atoms in total. The van der Waals surface area contributed by atoms with Gasteiger partial charge in [0.05, 0.1) is 22.7 Å². The Balaban J connectivity index is 1.92. The van der Waals surface area contributed by atoms with E-state index >= 15 is 0 Å². The fraction of sp³-hybridized carbons (Fsp3) is 0.167. The Morgan fingerprint density at radius 2 is 2.17 bits per heavy atom. The molecule has 0 radical (unpaired) electrons. The van der Waals surface area contributed by atoms with Gasteiger partial charge in [-0.1, -0.05) is 0 Å². The van der Waals surface area contributed by atoms with Crippen molar-refractivity contribution in [3.8, 4) is 0 Å². The van der Waals surface area contributed by atoms with Gasteiger partial charge in [0.15, 0.2) is 0 Å². The molecule has 2 aromatic heterocycles. The second kappa shape index (κ2) is 5.50. The average Bonchev–Trinajstić information content (AvgIpc) is 2.95. The molecule has 0 fully saturated rings. The minimum absolute atomic E-state index is 0.153. The summed E-state index contributed by atoms with van der Waals surface area (Å²) in [5.41, 5.74) is 0. The smallest absolute Gasteiger partial charge is 0.261 e. The van der Waals surface area contributed by atoms with Gasteiger partial charge in [0.1, 0.15) is 5.76 Å². The summed E-state index contributed by atoms with van der Waals surface area (Å²) in [5.74, 6) is 0.356. The van der Waals surface area contributed by atoms with Crippen LogP contribution in [0.3, 0.4) is 0 Å². The van der Waals surface area contributed by atoms with Gasteiger partial charge in [-0.2, -0.15) is 0 Å². The predicted molar refractivity (Wildman–Crippen MR) is 68.5 cm³/mol. The first-order chi connectivity index (χ1) is 8.65. The zero-order valence-electron chi connectivity index (χ0n) is 9.73. The summed E-state index contributed by atoms with van der Waals surface area (Å²) >= 11 is 1.23. The number of amides is 2. The number of carbonyl (C=O) groups is 2. The Bertz CT molecular complexity index is 545. The number of nitrogens with one attached hydrogen (secondary N) is 2. The largest absolute Gasteiger partial charge is 0.467 e. The van der Waals surface area contributed by atoms with Crippen molar-refractivity contribution >= 4 is 28.2 Å². The maximum absolute atomic E-state index is 11.8. The lowest BCUT2D eigenvalue weighted by atomic mass is 10.4. The van der Waals surface area contributed by atoms with Gasteiger partial charge in [0.2, 0.25) is 5.91 Å². The molecule has 2 rings (SSSR count). The van der Waals surface area contributed by atoms with Crippen LogP contribution >= 0.6 is 11.3 Å². The minimum atomic E-state index is -0.187. The van der Waals surface area contributed by atoms with Crippen LogP contribution in [-0.4, -0.2) is 11.8 Å². The van der Waals surface area contributed by atoms with Gasteiger partial charge < -0.3 is 15.1 Å². The van der Waals surface area contributed by atoms with E-state index in [1.54, 1.807) is 30.5 Å². The number of hydrogen-bond acceptors (Lipinski definition) is 4. The lowest BCUT2D eigenvalue weighted by molar-refractivity contribution is -0.114. The maximum atomic E-state index is 11.8. The summed E-state index contributed by atoms with van der Waals surface area (Å²) in [5, 5.41) is 6.02. The van der Waals surface area contributed by atoms with E-state index in [2.05, 4.69) is 10.6 Å². The lowest BCUT2D eigenvalue weighted by Gasteiger charge is -2.00. The Morgan fingerprint density at radius 1 is 1.33 bits per heavy atom. The molecule has 0 aromatic carbocycles. The Labute approximate surface area is 108 Å². The molecule has 94 valence electrons. The summed E-state index contributed by atoms with van der Waals surface area (Å²) in [6.45, 7) is 1.77. The molecule has 0 saturated carbocycles. The van der Waals surface area contributed by atoms with Crippen molar-refractivity contribution in [2.75, 3.05) is 5.32 Å². The molecule has 2 heterocycles. The summed E-state index contributed by atoms with van der Waals surface area (Å²) in [6.07, 6.45) is 1.56. The molecule has 0 spiro atoms. The van der Waals surface area contributed by atoms with Crippen LogP contribution in [-0.2, 0) is 11.3 Å². The average molecular weight is 264 g/mol. The van der Waals surface area contributed by atoms with Crippen LogP contribution in [0.15, 0.2) is 34.9 Å². The van der Waals surface area contributed by atoms with E-state index in [0.717, 1.165) is 0 Å². The number of carbonyl (C=O) groups excluding carboxylic acids is 2. The van der Waals surface area contributed by atoms with E-state index in [1.165, 1.54) is 18.3 Å². The third-order valence-corrected chi connectivity index (χ3v) is 3.13. The summed E-state index contributed by atoms with van der Waals surface area (Å²) < 4.78 is 5.11. The van der Waals surface area contributed by atoms with Crippen LogP contribution in [0.2, 0.25) is 0 Å². The van der Waals surface area contributed by atoms with Crippen molar-refractivity contribution in [1.82, 2.24) is 5.32 Å². The Kier molecular flexibility index (Phi) is 3.78. The van der Waals surface area contributed by atoms with E-state index in [0.29, 0.717) is 22.2 Å². The first kappa shape index (κ1) is 12.4. The molecule has 0 unspecified atom stereocenters. The number of furan rings is 1. The molecule has 0 atom stereocenters. The molecule has 0 aliphatic carbocycles. The van der Waals surface area contributed by atoms with Gasteiger partial charge in [0, 0.05) is 6.92 Å². The maximum Gasteiger partial charge on any atom is 0.261 e. The zero-order chi connectivity index (χ0) is 13.0. The fourth-order valence-corrected chi connectivity index (χ4v) is 2.24. The first-order valence-corrected chi connectivity index (χ1v) is 6.15.